The molecule has 0 radical (unpaired) electrons. The van der Waals surface area contributed by atoms with Crippen LogP contribution in [0, 0.1) is 6.92 Å². The Morgan fingerprint density at radius 1 is 1.00 bits per heavy atom. The zero-order chi connectivity index (χ0) is 18.7. The maximum absolute atomic E-state index is 12.9. The van der Waals surface area contributed by atoms with Crippen LogP contribution in [0.25, 0.3) is 0 Å². The highest BCUT2D eigenvalue weighted by atomic mass is 32.2. The van der Waals surface area contributed by atoms with Gasteiger partial charge in [0.1, 0.15) is 5.75 Å². The van der Waals surface area contributed by atoms with Crippen molar-refractivity contribution in [3.05, 3.63) is 59.7 Å². The van der Waals surface area contributed by atoms with E-state index in [1.54, 1.807) is 49.3 Å². The number of hydrogen-bond donors (Lipinski definition) is 0. The molecule has 2 aromatic rings. The second-order valence-corrected chi connectivity index (χ2v) is 8.10. The molecule has 0 bridgehead atoms. The summed E-state index contributed by atoms with van der Waals surface area (Å²) >= 11 is 0. The van der Waals surface area contributed by atoms with Crippen LogP contribution in [0.5, 0.6) is 5.75 Å². The van der Waals surface area contributed by atoms with Gasteiger partial charge in [0.2, 0.25) is 10.0 Å². The van der Waals surface area contributed by atoms with Crippen LogP contribution in [0.3, 0.4) is 0 Å². The van der Waals surface area contributed by atoms with Gasteiger partial charge in [0.05, 0.1) is 12.0 Å². The monoisotopic (exact) mass is 374 g/mol. The van der Waals surface area contributed by atoms with E-state index in [0.29, 0.717) is 30.0 Å². The van der Waals surface area contributed by atoms with Gasteiger partial charge in [-0.1, -0.05) is 18.2 Å². The van der Waals surface area contributed by atoms with Crippen molar-refractivity contribution < 1.29 is 17.9 Å². The SMILES string of the molecule is COc1ccc(S(=O)(=O)N2CCN(C(=O)c3ccccc3)CC2)c(C)c1. The van der Waals surface area contributed by atoms with Crippen LogP contribution >= 0.6 is 0 Å². The number of piperazine rings is 1. The molecule has 0 aromatic heterocycles. The number of methoxy groups -OCH3 is 1. The van der Waals surface area contributed by atoms with Gasteiger partial charge in [0, 0.05) is 31.7 Å². The van der Waals surface area contributed by atoms with Crippen LogP contribution in [-0.2, 0) is 10.0 Å². The Balaban J connectivity index is 1.72. The Morgan fingerprint density at radius 2 is 1.65 bits per heavy atom. The second-order valence-electron chi connectivity index (χ2n) is 6.19. The molecule has 0 N–H and O–H groups in total. The van der Waals surface area contributed by atoms with Crippen molar-refractivity contribution in [3.8, 4) is 5.75 Å². The van der Waals surface area contributed by atoms with Gasteiger partial charge in [-0.3, -0.25) is 4.79 Å². The Morgan fingerprint density at radius 3 is 2.23 bits per heavy atom. The minimum Gasteiger partial charge on any atom is -0.497 e. The van der Waals surface area contributed by atoms with Crippen molar-refractivity contribution in [2.45, 2.75) is 11.8 Å². The Bertz CT molecular complexity index is 889. The Kier molecular flexibility index (Phi) is 5.29. The summed E-state index contributed by atoms with van der Waals surface area (Å²) in [6, 6.07) is 14.0. The largest absolute Gasteiger partial charge is 0.497 e. The molecule has 1 aliphatic heterocycles. The Labute approximate surface area is 154 Å². The molecule has 1 amide bonds. The first-order valence-electron chi connectivity index (χ1n) is 8.42. The summed E-state index contributed by atoms with van der Waals surface area (Å²) in [5, 5.41) is 0. The molecule has 0 aliphatic carbocycles. The third-order valence-corrected chi connectivity index (χ3v) is 6.61. The van der Waals surface area contributed by atoms with Gasteiger partial charge in [0.15, 0.2) is 0 Å². The molecule has 1 heterocycles. The standard InChI is InChI=1S/C19H22N2O4S/c1-15-14-17(25-2)8-9-18(15)26(23,24)21-12-10-20(11-13-21)19(22)16-6-4-3-5-7-16/h3-9,14H,10-13H2,1-2H3. The minimum atomic E-state index is -3.59. The lowest BCUT2D eigenvalue weighted by Gasteiger charge is -2.34. The van der Waals surface area contributed by atoms with Crippen molar-refractivity contribution >= 4 is 15.9 Å². The topological polar surface area (TPSA) is 66.9 Å². The van der Waals surface area contributed by atoms with Gasteiger partial charge in [-0.2, -0.15) is 4.31 Å². The van der Waals surface area contributed by atoms with Crippen LogP contribution in [0.1, 0.15) is 15.9 Å². The smallest absolute Gasteiger partial charge is 0.253 e. The lowest BCUT2D eigenvalue weighted by Crippen LogP contribution is -2.50. The number of rotatable bonds is 4. The first-order valence-corrected chi connectivity index (χ1v) is 9.86. The van der Waals surface area contributed by atoms with E-state index in [4.69, 9.17) is 4.74 Å². The number of amides is 1. The molecule has 1 saturated heterocycles. The molecule has 2 aromatic carbocycles. The molecule has 0 saturated carbocycles. The molecule has 0 unspecified atom stereocenters. The first-order chi connectivity index (χ1) is 12.4. The maximum atomic E-state index is 12.9. The quantitative estimate of drug-likeness (QED) is 0.822. The lowest BCUT2D eigenvalue weighted by atomic mass is 10.2. The molecule has 26 heavy (non-hydrogen) atoms. The predicted octanol–water partition coefficient (Wildman–Crippen LogP) is 2.15. The molecule has 138 valence electrons. The van der Waals surface area contributed by atoms with Crippen molar-refractivity contribution in [3.63, 3.8) is 0 Å². The highest BCUT2D eigenvalue weighted by Gasteiger charge is 2.31. The number of hydrogen-bond acceptors (Lipinski definition) is 4. The minimum absolute atomic E-state index is 0.0664. The van der Waals surface area contributed by atoms with E-state index in [2.05, 4.69) is 0 Å². The molecular weight excluding hydrogens is 352 g/mol. The van der Waals surface area contributed by atoms with Crippen LogP contribution in [0.15, 0.2) is 53.4 Å². The maximum Gasteiger partial charge on any atom is 0.253 e. The molecule has 7 heteroatoms. The Hall–Kier alpha value is -2.38. The zero-order valence-corrected chi connectivity index (χ0v) is 15.7. The van der Waals surface area contributed by atoms with E-state index in [-0.39, 0.29) is 23.9 Å². The molecular formula is C19H22N2O4S. The normalized spacial score (nSPS) is 15.7. The lowest BCUT2D eigenvalue weighted by molar-refractivity contribution is 0.0698. The van der Waals surface area contributed by atoms with Gasteiger partial charge >= 0.3 is 0 Å². The second kappa shape index (κ2) is 7.47. The van der Waals surface area contributed by atoms with Gasteiger partial charge in [-0.15, -0.1) is 0 Å². The van der Waals surface area contributed by atoms with Gasteiger partial charge in [-0.05, 0) is 42.8 Å². The molecule has 0 atom stereocenters. The summed E-state index contributed by atoms with van der Waals surface area (Å²) in [7, 11) is -2.04. The first kappa shape index (κ1) is 18.4. The summed E-state index contributed by atoms with van der Waals surface area (Å²) in [6.07, 6.45) is 0. The molecule has 1 fully saturated rings. The number of aryl methyl sites for hydroxylation is 1. The van der Waals surface area contributed by atoms with Gasteiger partial charge < -0.3 is 9.64 Å². The number of ether oxygens (including phenoxy) is 1. The third-order valence-electron chi connectivity index (χ3n) is 4.55. The van der Waals surface area contributed by atoms with Crippen LogP contribution < -0.4 is 4.74 Å². The number of carbonyl (C=O) groups excluding carboxylic acids is 1. The zero-order valence-electron chi connectivity index (χ0n) is 14.9. The fraction of sp³-hybridized carbons (Fsp3) is 0.316. The summed E-state index contributed by atoms with van der Waals surface area (Å²) < 4.78 is 32.5. The van der Waals surface area contributed by atoms with E-state index < -0.39 is 10.0 Å². The van der Waals surface area contributed by atoms with E-state index in [0.717, 1.165) is 0 Å². The molecule has 1 aliphatic rings. The van der Waals surface area contributed by atoms with E-state index in [9.17, 15) is 13.2 Å². The van der Waals surface area contributed by atoms with Crippen molar-refractivity contribution in [1.82, 2.24) is 9.21 Å². The fourth-order valence-corrected chi connectivity index (χ4v) is 4.70. The molecule has 6 nitrogen and oxygen atoms in total. The summed E-state index contributed by atoms with van der Waals surface area (Å²) in [4.78, 5) is 14.5. The van der Waals surface area contributed by atoms with Crippen LogP contribution in [0.2, 0.25) is 0 Å². The van der Waals surface area contributed by atoms with Crippen molar-refractivity contribution in [1.29, 1.82) is 0 Å². The number of nitrogens with zero attached hydrogens (tertiary/aromatic N) is 2. The highest BCUT2D eigenvalue weighted by molar-refractivity contribution is 7.89. The highest BCUT2D eigenvalue weighted by Crippen LogP contribution is 2.25. The number of benzene rings is 2. The molecule has 0 spiro atoms. The third kappa shape index (κ3) is 3.59. The van der Waals surface area contributed by atoms with Crippen molar-refractivity contribution in [2.24, 2.45) is 0 Å². The fourth-order valence-electron chi connectivity index (χ4n) is 3.07. The average Bonchev–Trinajstić information content (AvgIpc) is 2.67. The van der Waals surface area contributed by atoms with E-state index in [1.807, 2.05) is 18.2 Å². The number of sulfonamides is 1. The van der Waals surface area contributed by atoms with E-state index in [1.165, 1.54) is 4.31 Å². The summed E-state index contributed by atoms with van der Waals surface area (Å²) in [6.45, 7) is 3.08. The summed E-state index contributed by atoms with van der Waals surface area (Å²) in [5.41, 5.74) is 1.27. The predicted molar refractivity (Wildman–Crippen MR) is 98.8 cm³/mol. The van der Waals surface area contributed by atoms with Crippen LogP contribution in [0.4, 0.5) is 0 Å². The average molecular weight is 374 g/mol. The van der Waals surface area contributed by atoms with Crippen molar-refractivity contribution in [2.75, 3.05) is 33.3 Å². The van der Waals surface area contributed by atoms with E-state index >= 15 is 0 Å². The molecule has 3 rings (SSSR count). The van der Waals surface area contributed by atoms with Gasteiger partial charge in [-0.25, -0.2) is 8.42 Å². The number of carbonyl (C=O) groups is 1. The van der Waals surface area contributed by atoms with Gasteiger partial charge in [0.25, 0.3) is 5.91 Å². The summed E-state index contributed by atoms with van der Waals surface area (Å²) in [5.74, 6) is 0.558. The van der Waals surface area contributed by atoms with Crippen LogP contribution in [-0.4, -0.2) is 56.8 Å².